The fourth-order valence-electron chi connectivity index (χ4n) is 3.17. The minimum absolute atomic E-state index is 0.0920. The van der Waals surface area contributed by atoms with Gasteiger partial charge < -0.3 is 15.0 Å². The molecule has 1 aliphatic rings. The van der Waals surface area contributed by atoms with Crippen molar-refractivity contribution in [2.45, 2.75) is 32.2 Å². The van der Waals surface area contributed by atoms with E-state index in [1.54, 1.807) is 24.6 Å². The number of anilines is 1. The van der Waals surface area contributed by atoms with E-state index in [1.807, 2.05) is 17.5 Å². The first-order valence-corrected chi connectivity index (χ1v) is 9.14. The van der Waals surface area contributed by atoms with Crippen LogP contribution in [-0.4, -0.2) is 37.1 Å². The van der Waals surface area contributed by atoms with Crippen LogP contribution in [0.2, 0.25) is 0 Å². The zero-order valence-electron chi connectivity index (χ0n) is 14.1. The predicted octanol–water partition coefficient (Wildman–Crippen LogP) is 2.79. The topological polar surface area (TPSA) is 54.5 Å². The predicted molar refractivity (Wildman–Crippen MR) is 96.9 cm³/mol. The first-order valence-electron chi connectivity index (χ1n) is 8.26. The molecule has 1 N–H and O–H groups in total. The zero-order valence-corrected chi connectivity index (χ0v) is 14.9. The molecule has 0 saturated carbocycles. The Morgan fingerprint density at radius 3 is 3.12 bits per heavy atom. The van der Waals surface area contributed by atoms with Gasteiger partial charge in [0.05, 0.1) is 7.11 Å². The quantitative estimate of drug-likeness (QED) is 0.875. The lowest BCUT2D eigenvalue weighted by molar-refractivity contribution is -0.122. The summed E-state index contributed by atoms with van der Waals surface area (Å²) in [5.74, 6) is 0.967. The van der Waals surface area contributed by atoms with Crippen molar-refractivity contribution in [2.75, 3.05) is 25.1 Å². The molecule has 0 aliphatic carbocycles. The van der Waals surface area contributed by atoms with E-state index >= 15 is 0 Å². The van der Waals surface area contributed by atoms with Gasteiger partial charge in [-0.2, -0.15) is 0 Å². The van der Waals surface area contributed by atoms with Gasteiger partial charge in [-0.25, -0.2) is 4.98 Å². The van der Waals surface area contributed by atoms with Crippen molar-refractivity contribution in [3.05, 3.63) is 40.9 Å². The Morgan fingerprint density at radius 1 is 1.50 bits per heavy atom. The smallest absolute Gasteiger partial charge is 0.242 e. The third-order valence-corrected chi connectivity index (χ3v) is 5.16. The average Bonchev–Trinajstić information content (AvgIpc) is 3.26. The second-order valence-electron chi connectivity index (χ2n) is 6.02. The molecule has 1 fully saturated rings. The van der Waals surface area contributed by atoms with E-state index in [4.69, 9.17) is 4.74 Å². The third kappa shape index (κ3) is 3.70. The molecule has 1 unspecified atom stereocenters. The van der Waals surface area contributed by atoms with Gasteiger partial charge in [0.15, 0.2) is 5.13 Å². The Labute approximate surface area is 146 Å². The fourth-order valence-corrected chi connectivity index (χ4v) is 3.89. The van der Waals surface area contributed by atoms with Gasteiger partial charge in [0.2, 0.25) is 5.91 Å². The first kappa shape index (κ1) is 16.8. The van der Waals surface area contributed by atoms with Gasteiger partial charge in [0, 0.05) is 24.7 Å². The number of methoxy groups -OCH3 is 1. The molecule has 1 aliphatic heterocycles. The molecule has 2 aromatic rings. The highest BCUT2D eigenvalue weighted by Gasteiger charge is 2.31. The highest BCUT2D eigenvalue weighted by atomic mass is 32.1. The van der Waals surface area contributed by atoms with Crippen molar-refractivity contribution in [1.82, 2.24) is 10.3 Å². The monoisotopic (exact) mass is 345 g/mol. The van der Waals surface area contributed by atoms with Crippen molar-refractivity contribution < 1.29 is 9.53 Å². The van der Waals surface area contributed by atoms with Crippen LogP contribution < -0.4 is 15.0 Å². The summed E-state index contributed by atoms with van der Waals surface area (Å²) >= 11 is 1.59. The van der Waals surface area contributed by atoms with Crippen LogP contribution in [0.4, 0.5) is 5.13 Å². The normalized spacial score (nSPS) is 17.1. The number of carbonyl (C=O) groups is 1. The number of nitrogens with one attached hydrogen (secondary N) is 1. The number of hydrogen-bond acceptors (Lipinski definition) is 5. The van der Waals surface area contributed by atoms with Crippen molar-refractivity contribution in [2.24, 2.45) is 0 Å². The minimum Gasteiger partial charge on any atom is -0.496 e. The number of nitrogens with zero attached hydrogens (tertiary/aromatic N) is 2. The number of amides is 1. The number of ether oxygens (including phenoxy) is 1. The lowest BCUT2D eigenvalue weighted by Crippen LogP contribution is -2.44. The van der Waals surface area contributed by atoms with Crippen LogP contribution in [0.25, 0.3) is 0 Å². The number of hydrogen-bond donors (Lipinski definition) is 1. The SMILES string of the molecule is COc1ccc(C)cc1CCNC(=O)C1CCCN1c1nccs1. The molecular formula is C18H23N3O2S. The molecule has 0 bridgehead atoms. The highest BCUT2D eigenvalue weighted by molar-refractivity contribution is 7.13. The summed E-state index contributed by atoms with van der Waals surface area (Å²) in [6.45, 7) is 3.57. The number of aryl methyl sites for hydroxylation is 1. The molecule has 1 atom stereocenters. The highest BCUT2D eigenvalue weighted by Crippen LogP contribution is 2.27. The average molecular weight is 345 g/mol. The van der Waals surface area contributed by atoms with Gasteiger partial charge in [-0.15, -0.1) is 11.3 Å². The third-order valence-electron chi connectivity index (χ3n) is 4.35. The van der Waals surface area contributed by atoms with Gasteiger partial charge in [-0.1, -0.05) is 17.7 Å². The first-order chi connectivity index (χ1) is 11.7. The molecule has 6 heteroatoms. The van der Waals surface area contributed by atoms with Crippen LogP contribution in [0.5, 0.6) is 5.75 Å². The standard InChI is InChI=1S/C18H23N3O2S/c1-13-5-6-16(23-2)14(12-13)7-8-19-17(22)15-4-3-10-21(15)18-20-9-11-24-18/h5-6,9,11-12,15H,3-4,7-8,10H2,1-2H3,(H,19,22). The Kier molecular flexibility index (Phi) is 5.35. The van der Waals surface area contributed by atoms with Gasteiger partial charge in [0.1, 0.15) is 11.8 Å². The van der Waals surface area contributed by atoms with Gasteiger partial charge in [0.25, 0.3) is 0 Å². The van der Waals surface area contributed by atoms with Gasteiger partial charge in [-0.05, 0) is 37.8 Å². The molecule has 0 radical (unpaired) electrons. The summed E-state index contributed by atoms with van der Waals surface area (Å²) in [6, 6.07) is 6.03. The Balaban J connectivity index is 1.57. The number of aromatic nitrogens is 1. The summed E-state index contributed by atoms with van der Waals surface area (Å²) in [5, 5.41) is 5.97. The zero-order chi connectivity index (χ0) is 16.9. The largest absolute Gasteiger partial charge is 0.496 e. The maximum Gasteiger partial charge on any atom is 0.242 e. The van der Waals surface area contributed by atoms with Crippen LogP contribution in [-0.2, 0) is 11.2 Å². The van der Waals surface area contributed by atoms with Crippen molar-refractivity contribution in [3.8, 4) is 5.75 Å². The summed E-state index contributed by atoms with van der Waals surface area (Å²) < 4.78 is 5.40. The van der Waals surface area contributed by atoms with Crippen molar-refractivity contribution in [3.63, 3.8) is 0 Å². The molecule has 0 spiro atoms. The number of rotatable bonds is 6. The van der Waals surface area contributed by atoms with Crippen LogP contribution in [0.15, 0.2) is 29.8 Å². The molecule has 1 aromatic heterocycles. The van der Waals surface area contributed by atoms with E-state index in [2.05, 4.69) is 28.2 Å². The lowest BCUT2D eigenvalue weighted by Gasteiger charge is -2.23. The summed E-state index contributed by atoms with van der Waals surface area (Å²) in [6.07, 6.45) is 4.47. The molecule has 5 nitrogen and oxygen atoms in total. The molecule has 1 amide bonds. The van der Waals surface area contributed by atoms with E-state index in [-0.39, 0.29) is 11.9 Å². The fraction of sp³-hybridized carbons (Fsp3) is 0.444. The summed E-state index contributed by atoms with van der Waals surface area (Å²) in [5.41, 5.74) is 2.32. The molecule has 24 heavy (non-hydrogen) atoms. The maximum absolute atomic E-state index is 12.6. The number of thiazole rings is 1. The molecule has 2 heterocycles. The molecular weight excluding hydrogens is 322 g/mol. The minimum atomic E-state index is -0.101. The lowest BCUT2D eigenvalue weighted by atomic mass is 10.1. The molecule has 128 valence electrons. The summed E-state index contributed by atoms with van der Waals surface area (Å²) in [7, 11) is 1.68. The van der Waals surface area contributed by atoms with Crippen LogP contribution in [0.1, 0.15) is 24.0 Å². The molecule has 3 rings (SSSR count). The van der Waals surface area contributed by atoms with Gasteiger partial charge >= 0.3 is 0 Å². The number of carbonyl (C=O) groups excluding carboxylic acids is 1. The Morgan fingerprint density at radius 2 is 2.38 bits per heavy atom. The van der Waals surface area contributed by atoms with Crippen LogP contribution >= 0.6 is 11.3 Å². The number of benzene rings is 1. The molecule has 1 saturated heterocycles. The second-order valence-corrected chi connectivity index (χ2v) is 6.90. The van der Waals surface area contributed by atoms with Crippen LogP contribution in [0.3, 0.4) is 0 Å². The van der Waals surface area contributed by atoms with Gasteiger partial charge in [-0.3, -0.25) is 4.79 Å². The summed E-state index contributed by atoms with van der Waals surface area (Å²) in [4.78, 5) is 19.0. The Hall–Kier alpha value is -2.08. The van der Waals surface area contributed by atoms with E-state index in [9.17, 15) is 4.79 Å². The van der Waals surface area contributed by atoms with E-state index in [0.717, 1.165) is 42.3 Å². The van der Waals surface area contributed by atoms with Crippen LogP contribution in [0, 0.1) is 6.92 Å². The van der Waals surface area contributed by atoms with E-state index < -0.39 is 0 Å². The Bertz CT molecular complexity index is 688. The van der Waals surface area contributed by atoms with Crippen molar-refractivity contribution in [1.29, 1.82) is 0 Å². The van der Waals surface area contributed by atoms with Crippen molar-refractivity contribution >= 4 is 22.4 Å². The second kappa shape index (κ2) is 7.66. The van der Waals surface area contributed by atoms with E-state index in [1.165, 1.54) is 5.56 Å². The maximum atomic E-state index is 12.6. The molecule has 1 aromatic carbocycles. The van der Waals surface area contributed by atoms with E-state index in [0.29, 0.717) is 6.54 Å².